The molecule has 4 saturated carbocycles. The van der Waals surface area contributed by atoms with Crippen LogP contribution in [0, 0.1) is 65.6 Å². The van der Waals surface area contributed by atoms with Crippen LogP contribution in [-0.4, -0.2) is 57.4 Å². The van der Waals surface area contributed by atoms with Crippen LogP contribution in [0.3, 0.4) is 0 Å². The van der Waals surface area contributed by atoms with Gasteiger partial charge in [-0.2, -0.15) is 0 Å². The van der Waals surface area contributed by atoms with Crippen molar-refractivity contribution in [2.45, 2.75) is 143 Å². The molecule has 0 aliphatic heterocycles. The van der Waals surface area contributed by atoms with Crippen molar-refractivity contribution >= 4 is 23.3 Å². The molecule has 4 aliphatic rings. The number of non-ortho nitro benzene ring substituents is 2. The third-order valence-electron chi connectivity index (χ3n) is 16.3. The second-order valence-corrected chi connectivity index (χ2v) is 19.9. The van der Waals surface area contributed by atoms with Gasteiger partial charge < -0.3 is 19.3 Å². The number of carbonyl (C=O) groups is 2. The van der Waals surface area contributed by atoms with Crippen molar-refractivity contribution in [1.29, 1.82) is 0 Å². The number of nitrogens with zero attached hydrogens (tertiary/aromatic N) is 2. The highest BCUT2D eigenvalue weighted by Gasteiger charge is 2.72. The first-order chi connectivity index (χ1) is 26.5. The number of esters is 2. The fraction of sp³-hybridized carbons (Fsp3) is 0.689. The number of rotatable bonds is 12. The first-order valence-electron chi connectivity index (χ1n) is 20.7. The van der Waals surface area contributed by atoms with Crippen molar-refractivity contribution in [3.8, 4) is 0 Å². The Kier molecular flexibility index (Phi) is 11.3. The van der Waals surface area contributed by atoms with Gasteiger partial charge in [0, 0.05) is 42.7 Å². The second kappa shape index (κ2) is 15.0. The van der Waals surface area contributed by atoms with E-state index in [1.54, 1.807) is 7.11 Å². The molecule has 0 radical (unpaired) electrons. The molecule has 0 bridgehead atoms. The maximum absolute atomic E-state index is 14.0. The molecule has 10 atom stereocenters. The van der Waals surface area contributed by atoms with E-state index in [0.29, 0.717) is 19.3 Å². The van der Waals surface area contributed by atoms with Crippen molar-refractivity contribution in [3.63, 3.8) is 0 Å². The van der Waals surface area contributed by atoms with Gasteiger partial charge in [-0.15, -0.1) is 0 Å². The molecular weight excluding hydrogens is 728 g/mol. The van der Waals surface area contributed by atoms with Crippen LogP contribution in [0.4, 0.5) is 11.4 Å². The highest BCUT2D eigenvalue weighted by Crippen LogP contribution is 2.76. The Labute approximate surface area is 336 Å². The summed E-state index contributed by atoms with van der Waals surface area (Å²) in [5.74, 6) is -0.907. The minimum absolute atomic E-state index is 0.0889. The van der Waals surface area contributed by atoms with E-state index in [9.17, 15) is 34.9 Å². The molecule has 0 saturated heterocycles. The quantitative estimate of drug-likeness (QED) is 0.124. The topological polar surface area (TPSA) is 168 Å². The van der Waals surface area contributed by atoms with E-state index in [4.69, 9.17) is 14.2 Å². The summed E-state index contributed by atoms with van der Waals surface area (Å²) in [5, 5.41) is 34.9. The van der Waals surface area contributed by atoms with Crippen molar-refractivity contribution in [3.05, 3.63) is 79.9 Å². The molecule has 1 N–H and O–H groups in total. The van der Waals surface area contributed by atoms with Gasteiger partial charge in [-0.3, -0.25) is 20.2 Å². The van der Waals surface area contributed by atoms with E-state index in [1.165, 1.54) is 48.5 Å². The molecule has 57 heavy (non-hydrogen) atoms. The van der Waals surface area contributed by atoms with Crippen LogP contribution < -0.4 is 0 Å². The summed E-state index contributed by atoms with van der Waals surface area (Å²) in [6.45, 7) is 17.6. The average Bonchev–Trinajstić information content (AvgIpc) is 3.53. The summed E-state index contributed by atoms with van der Waals surface area (Å²) < 4.78 is 18.5. The zero-order valence-electron chi connectivity index (χ0n) is 35.2. The average molecular weight is 791 g/mol. The third-order valence-corrected chi connectivity index (χ3v) is 16.3. The molecule has 4 fully saturated rings. The Bertz CT molecular complexity index is 1860. The minimum Gasteiger partial charge on any atom is -0.458 e. The Morgan fingerprint density at radius 3 is 1.81 bits per heavy atom. The number of ether oxygens (including phenoxy) is 3. The standard InChI is InChI=1S/C45H62N2O10/c1-40(2,55-9)22-10-23-45(8,50)32-19-25-44(7)37(32)33(56-38(48)28-11-15-30(16-12-28)46(51)52)27-35-42(5)24-21-36(41(3,4)34(42)20-26-43(35,44)6)57-39(49)29-13-17-31(18-14-29)47(53)54/h11-18,32-37,50H,10,19-27H2,1-9H3/t32-,33+,34-,35+,36-,37-,42-,43+,44+,45+/m0/s1. The summed E-state index contributed by atoms with van der Waals surface area (Å²) in [7, 11) is 1.71. The first kappa shape index (κ1) is 42.7. The number of hydrogen-bond acceptors (Lipinski definition) is 10. The molecule has 0 unspecified atom stereocenters. The number of nitro groups is 2. The second-order valence-electron chi connectivity index (χ2n) is 19.9. The lowest BCUT2D eigenvalue weighted by atomic mass is 9.35. The minimum atomic E-state index is -1.01. The summed E-state index contributed by atoms with van der Waals surface area (Å²) in [4.78, 5) is 49.0. The maximum atomic E-state index is 14.0. The summed E-state index contributed by atoms with van der Waals surface area (Å²) in [5.41, 5.74) is -1.98. The van der Waals surface area contributed by atoms with Gasteiger partial charge in [0.05, 0.1) is 32.2 Å². The highest BCUT2D eigenvalue weighted by atomic mass is 16.6. The van der Waals surface area contributed by atoms with E-state index in [1.807, 2.05) is 6.92 Å². The SMILES string of the molecule is COC(C)(C)CCC[C@@](C)(O)[C@H]1CC[C@]2(C)[C@@H]1[C@H](OC(=O)c1ccc([N+](=O)[O-])cc1)C[C@@H]1[C@@]3(C)CC[C@H](OC(=O)c4ccc([N+](=O)[O-])cc4)C(C)(C)[C@@H]3CC[C@]12C. The van der Waals surface area contributed by atoms with E-state index in [-0.39, 0.29) is 74.1 Å². The van der Waals surface area contributed by atoms with Crippen LogP contribution in [0.25, 0.3) is 0 Å². The van der Waals surface area contributed by atoms with Gasteiger partial charge in [0.15, 0.2) is 0 Å². The molecule has 2 aromatic carbocycles. The van der Waals surface area contributed by atoms with Crippen LogP contribution in [0.5, 0.6) is 0 Å². The number of benzene rings is 2. The number of hydrogen-bond donors (Lipinski definition) is 1. The lowest BCUT2D eigenvalue weighted by Crippen LogP contribution is -2.67. The molecule has 2 aromatic rings. The molecule has 0 spiro atoms. The van der Waals surface area contributed by atoms with E-state index < -0.39 is 38.9 Å². The Balaban J connectivity index is 1.31. The summed E-state index contributed by atoms with van der Waals surface area (Å²) in [6, 6.07) is 11.1. The number of methoxy groups -OCH3 is 1. The third kappa shape index (κ3) is 7.49. The molecule has 0 heterocycles. The Morgan fingerprint density at radius 1 is 0.754 bits per heavy atom. The molecule has 312 valence electrons. The first-order valence-corrected chi connectivity index (χ1v) is 20.7. The van der Waals surface area contributed by atoms with Crippen LogP contribution in [0.1, 0.15) is 140 Å². The fourth-order valence-electron chi connectivity index (χ4n) is 12.7. The van der Waals surface area contributed by atoms with Crippen molar-refractivity contribution in [2.75, 3.05) is 7.11 Å². The zero-order valence-corrected chi connectivity index (χ0v) is 35.2. The Hall–Kier alpha value is -3.90. The Morgan fingerprint density at radius 2 is 1.28 bits per heavy atom. The van der Waals surface area contributed by atoms with Gasteiger partial charge in [-0.1, -0.05) is 34.6 Å². The molecule has 0 aromatic heterocycles. The lowest BCUT2D eigenvalue weighted by molar-refractivity contribution is -0.385. The van der Waals surface area contributed by atoms with Crippen LogP contribution in [0.2, 0.25) is 0 Å². The summed E-state index contributed by atoms with van der Waals surface area (Å²) >= 11 is 0. The molecular formula is C45H62N2O10. The fourth-order valence-corrected chi connectivity index (χ4v) is 12.7. The molecule has 12 nitrogen and oxygen atoms in total. The van der Waals surface area contributed by atoms with Gasteiger partial charge in [-0.25, -0.2) is 9.59 Å². The van der Waals surface area contributed by atoms with Gasteiger partial charge >= 0.3 is 11.9 Å². The number of nitro benzene ring substituents is 2. The van der Waals surface area contributed by atoms with Crippen LogP contribution >= 0.6 is 0 Å². The van der Waals surface area contributed by atoms with Crippen LogP contribution in [-0.2, 0) is 14.2 Å². The van der Waals surface area contributed by atoms with E-state index in [0.717, 1.165) is 44.9 Å². The van der Waals surface area contributed by atoms with Crippen molar-refractivity contribution < 1.29 is 38.8 Å². The van der Waals surface area contributed by atoms with Gasteiger partial charge in [0.25, 0.3) is 11.4 Å². The largest absolute Gasteiger partial charge is 0.458 e. The maximum Gasteiger partial charge on any atom is 0.338 e. The monoisotopic (exact) mass is 790 g/mol. The normalized spacial score (nSPS) is 34.1. The van der Waals surface area contributed by atoms with Gasteiger partial charge in [-0.05, 0) is 143 Å². The molecule has 4 aliphatic carbocycles. The van der Waals surface area contributed by atoms with Crippen molar-refractivity contribution in [2.24, 2.45) is 45.3 Å². The molecule has 12 heteroatoms. The van der Waals surface area contributed by atoms with Crippen molar-refractivity contribution in [1.82, 2.24) is 0 Å². The van der Waals surface area contributed by atoms with Gasteiger partial charge in [0.2, 0.25) is 0 Å². The van der Waals surface area contributed by atoms with Gasteiger partial charge in [0.1, 0.15) is 12.2 Å². The molecule has 0 amide bonds. The van der Waals surface area contributed by atoms with Crippen LogP contribution in [0.15, 0.2) is 48.5 Å². The number of fused-ring (bicyclic) bond motifs is 5. The summed E-state index contributed by atoms with van der Waals surface area (Å²) in [6.07, 6.45) is 6.96. The smallest absolute Gasteiger partial charge is 0.338 e. The number of carbonyl (C=O) groups excluding carboxylic acids is 2. The van der Waals surface area contributed by atoms with E-state index >= 15 is 0 Å². The van der Waals surface area contributed by atoms with E-state index in [2.05, 4.69) is 48.5 Å². The zero-order chi connectivity index (χ0) is 41.9. The predicted molar refractivity (Wildman–Crippen MR) is 215 cm³/mol. The lowest BCUT2D eigenvalue weighted by Gasteiger charge is -2.70. The molecule has 6 rings (SSSR count). The highest BCUT2D eigenvalue weighted by molar-refractivity contribution is 5.90. The number of aliphatic hydroxyl groups is 1. The predicted octanol–water partition coefficient (Wildman–Crippen LogP) is 9.90.